The number of carbonyl (C=O) groups is 2. The average Bonchev–Trinajstić information content (AvgIpc) is 3.00. The summed E-state index contributed by atoms with van der Waals surface area (Å²) in [5.74, 6) is -0.785. The van der Waals surface area contributed by atoms with E-state index in [2.05, 4.69) is 5.32 Å². The summed E-state index contributed by atoms with van der Waals surface area (Å²) in [7, 11) is 2.82. The Kier molecular flexibility index (Phi) is 9.86. The van der Waals surface area contributed by atoms with E-state index in [0.717, 1.165) is 26.8 Å². The van der Waals surface area contributed by atoms with Gasteiger partial charge in [0.2, 0.25) is 5.91 Å². The fourth-order valence-corrected chi connectivity index (χ4v) is 4.95. The van der Waals surface area contributed by atoms with Crippen molar-refractivity contribution in [1.29, 1.82) is 0 Å². The lowest BCUT2D eigenvalue weighted by atomic mass is 9.97. The lowest BCUT2D eigenvalue weighted by Crippen LogP contribution is -2.39. The molecule has 0 spiro atoms. The molecule has 0 aliphatic rings. The molecule has 1 unspecified atom stereocenters. The van der Waals surface area contributed by atoms with Crippen LogP contribution in [0.5, 0.6) is 5.75 Å². The van der Waals surface area contributed by atoms with Crippen LogP contribution in [0.2, 0.25) is 0 Å². The summed E-state index contributed by atoms with van der Waals surface area (Å²) in [4.78, 5) is 27.4. The zero-order valence-electron chi connectivity index (χ0n) is 23.9. The number of ether oxygens (including phenoxy) is 1. The zero-order valence-corrected chi connectivity index (χ0v) is 23.9. The molecule has 232 valence electrons. The highest BCUT2D eigenvalue weighted by Gasteiger charge is 2.38. The number of likely N-dealkylation sites (N-methyl/N-ethyl adjacent to an activating group) is 1. The van der Waals surface area contributed by atoms with Crippen LogP contribution in [0.15, 0.2) is 84.9 Å². The van der Waals surface area contributed by atoms with Gasteiger partial charge in [0.05, 0.1) is 18.2 Å². The predicted molar refractivity (Wildman–Crippen MR) is 154 cm³/mol. The maximum Gasteiger partial charge on any atom is 0.416 e. The van der Waals surface area contributed by atoms with Gasteiger partial charge in [0, 0.05) is 37.2 Å². The van der Waals surface area contributed by atoms with Crippen LogP contribution in [0.3, 0.4) is 0 Å². The Morgan fingerprint density at radius 3 is 2.07 bits per heavy atom. The number of para-hydroxylation sites is 1. The number of nitrogens with one attached hydrogen (secondary N) is 1. The summed E-state index contributed by atoms with van der Waals surface area (Å²) in [6, 6.07) is 20.4. The first-order valence-corrected chi connectivity index (χ1v) is 13.7. The maximum absolute atomic E-state index is 13.5. The number of carbonyl (C=O) groups excluding carboxylic acids is 2. The standard InChI is InChI=1S/C33H30F6N2O3/c1-41(31(43)25-17-26(32(34,35)36)19-27(18-25)33(37,38)39)28(16-21-11-12-22-7-3-4-8-23(22)15-21)13-14-30(42)40-20-24-9-5-6-10-29(24)44-2/h3-12,15,17-19,28H,13-14,16,20H2,1-2H3,(H,40,42). The third-order valence-corrected chi connectivity index (χ3v) is 7.36. The van der Waals surface area contributed by atoms with Crippen LogP contribution >= 0.6 is 0 Å². The largest absolute Gasteiger partial charge is 0.496 e. The molecular weight excluding hydrogens is 586 g/mol. The van der Waals surface area contributed by atoms with Crippen molar-refractivity contribution >= 4 is 22.6 Å². The van der Waals surface area contributed by atoms with Gasteiger partial charge in [0.15, 0.2) is 0 Å². The van der Waals surface area contributed by atoms with Crippen LogP contribution in [0.4, 0.5) is 26.3 Å². The summed E-state index contributed by atoms with van der Waals surface area (Å²) in [6.07, 6.45) is -9.95. The molecule has 0 fully saturated rings. The summed E-state index contributed by atoms with van der Waals surface area (Å²) in [5.41, 5.74) is -2.38. The molecule has 1 atom stereocenters. The number of amides is 2. The topological polar surface area (TPSA) is 58.6 Å². The Morgan fingerprint density at radius 2 is 1.43 bits per heavy atom. The van der Waals surface area contributed by atoms with Crippen molar-refractivity contribution in [3.8, 4) is 5.75 Å². The SMILES string of the molecule is COc1ccccc1CNC(=O)CCC(Cc1ccc2ccccc2c1)N(C)C(=O)c1cc(C(F)(F)F)cc(C(F)(F)F)c1. The molecule has 2 amide bonds. The van der Waals surface area contributed by atoms with Gasteiger partial charge in [-0.15, -0.1) is 0 Å². The van der Waals surface area contributed by atoms with Crippen LogP contribution in [-0.2, 0) is 30.1 Å². The molecule has 11 heteroatoms. The minimum atomic E-state index is -5.10. The summed E-state index contributed by atoms with van der Waals surface area (Å²) < 4.78 is 86.2. The van der Waals surface area contributed by atoms with Crippen molar-refractivity contribution in [2.75, 3.05) is 14.2 Å². The first kappa shape index (κ1) is 32.4. The van der Waals surface area contributed by atoms with Gasteiger partial charge < -0.3 is 15.0 Å². The third kappa shape index (κ3) is 8.09. The van der Waals surface area contributed by atoms with Gasteiger partial charge in [-0.05, 0) is 53.4 Å². The van der Waals surface area contributed by atoms with E-state index in [4.69, 9.17) is 4.74 Å². The molecule has 1 N–H and O–H groups in total. The van der Waals surface area contributed by atoms with Crippen LogP contribution in [-0.4, -0.2) is 36.9 Å². The number of hydrogen-bond acceptors (Lipinski definition) is 3. The van der Waals surface area contributed by atoms with Gasteiger partial charge in [0.25, 0.3) is 5.91 Å². The van der Waals surface area contributed by atoms with Crippen LogP contribution in [0.25, 0.3) is 10.8 Å². The predicted octanol–water partition coefficient (Wildman–Crippen LogP) is 7.67. The van der Waals surface area contributed by atoms with Crippen LogP contribution < -0.4 is 10.1 Å². The fourth-order valence-electron chi connectivity index (χ4n) is 4.95. The number of alkyl halides is 6. The molecule has 5 nitrogen and oxygen atoms in total. The molecule has 0 aromatic heterocycles. The Labute approximate surface area is 250 Å². The van der Waals surface area contributed by atoms with Gasteiger partial charge in [0.1, 0.15) is 5.75 Å². The van der Waals surface area contributed by atoms with E-state index in [1.54, 1.807) is 24.3 Å². The van der Waals surface area contributed by atoms with Gasteiger partial charge >= 0.3 is 12.4 Å². The number of halogens is 6. The van der Waals surface area contributed by atoms with Crippen molar-refractivity contribution in [3.05, 3.63) is 113 Å². The first-order chi connectivity index (χ1) is 20.8. The van der Waals surface area contributed by atoms with E-state index >= 15 is 0 Å². The van der Waals surface area contributed by atoms with Crippen molar-refractivity contribution in [2.24, 2.45) is 0 Å². The summed E-state index contributed by atoms with van der Waals surface area (Å²) in [6.45, 7) is 0.178. The second-order valence-electron chi connectivity index (χ2n) is 10.4. The monoisotopic (exact) mass is 616 g/mol. The van der Waals surface area contributed by atoms with Crippen LogP contribution in [0.1, 0.15) is 45.5 Å². The smallest absolute Gasteiger partial charge is 0.416 e. The highest BCUT2D eigenvalue weighted by atomic mass is 19.4. The molecule has 4 aromatic carbocycles. The molecule has 0 aliphatic heterocycles. The quantitative estimate of drug-likeness (QED) is 0.186. The minimum Gasteiger partial charge on any atom is -0.496 e. The fraction of sp³-hybridized carbons (Fsp3) is 0.273. The number of hydrogen-bond donors (Lipinski definition) is 1. The number of fused-ring (bicyclic) bond motifs is 1. The molecule has 0 heterocycles. The molecule has 44 heavy (non-hydrogen) atoms. The van der Waals surface area contributed by atoms with Crippen molar-refractivity contribution in [1.82, 2.24) is 10.2 Å². The lowest BCUT2D eigenvalue weighted by molar-refractivity contribution is -0.143. The molecular formula is C33H30F6N2O3. The van der Waals surface area contributed by atoms with E-state index in [1.807, 2.05) is 42.5 Å². The molecule has 0 saturated heterocycles. The highest BCUT2D eigenvalue weighted by molar-refractivity contribution is 5.95. The Balaban J connectivity index is 1.59. The molecule has 0 bridgehead atoms. The van der Waals surface area contributed by atoms with Gasteiger partial charge in [-0.3, -0.25) is 9.59 Å². The average molecular weight is 617 g/mol. The lowest BCUT2D eigenvalue weighted by Gasteiger charge is -2.29. The zero-order chi connectivity index (χ0) is 32.1. The van der Waals surface area contributed by atoms with E-state index in [-0.39, 0.29) is 37.8 Å². The molecule has 4 rings (SSSR count). The summed E-state index contributed by atoms with van der Waals surface area (Å²) >= 11 is 0. The molecule has 0 radical (unpaired) electrons. The van der Waals surface area contributed by atoms with Crippen molar-refractivity contribution < 1.29 is 40.7 Å². The number of nitrogens with zero attached hydrogens (tertiary/aromatic N) is 1. The minimum absolute atomic E-state index is 0.0184. The first-order valence-electron chi connectivity index (χ1n) is 13.7. The Morgan fingerprint density at radius 1 is 0.818 bits per heavy atom. The number of rotatable bonds is 10. The van der Waals surface area contributed by atoms with Crippen molar-refractivity contribution in [3.63, 3.8) is 0 Å². The maximum atomic E-state index is 13.5. The second kappa shape index (κ2) is 13.4. The van der Waals surface area contributed by atoms with E-state index in [0.29, 0.717) is 17.9 Å². The Hall–Kier alpha value is -4.54. The van der Waals surface area contributed by atoms with E-state index < -0.39 is 41.0 Å². The van der Waals surface area contributed by atoms with Gasteiger partial charge in [-0.1, -0.05) is 60.7 Å². The van der Waals surface area contributed by atoms with Crippen LogP contribution in [0, 0.1) is 0 Å². The molecule has 4 aromatic rings. The highest BCUT2D eigenvalue weighted by Crippen LogP contribution is 2.36. The number of benzene rings is 4. The number of methoxy groups -OCH3 is 1. The third-order valence-electron chi connectivity index (χ3n) is 7.36. The Bertz CT molecular complexity index is 1600. The molecule has 0 aliphatic carbocycles. The normalized spacial score (nSPS) is 12.5. The van der Waals surface area contributed by atoms with Gasteiger partial charge in [-0.25, -0.2) is 0 Å². The summed E-state index contributed by atoms with van der Waals surface area (Å²) in [5, 5.41) is 4.68. The van der Waals surface area contributed by atoms with Crippen molar-refractivity contribution in [2.45, 2.75) is 44.2 Å². The van der Waals surface area contributed by atoms with E-state index in [1.165, 1.54) is 14.2 Å². The molecule has 0 saturated carbocycles. The van der Waals surface area contributed by atoms with Gasteiger partial charge in [-0.2, -0.15) is 26.3 Å². The van der Waals surface area contributed by atoms with E-state index in [9.17, 15) is 35.9 Å². The second-order valence-corrected chi connectivity index (χ2v) is 10.4.